The van der Waals surface area contributed by atoms with Gasteiger partial charge in [-0.05, 0) is 51.4 Å². The van der Waals surface area contributed by atoms with Crippen molar-refractivity contribution in [2.75, 3.05) is 0 Å². The number of aromatic nitrogens is 1. The van der Waals surface area contributed by atoms with Crippen molar-refractivity contribution >= 4 is 11.3 Å². The second-order valence-electron chi connectivity index (χ2n) is 6.64. The van der Waals surface area contributed by atoms with Crippen molar-refractivity contribution in [2.45, 2.75) is 69.9 Å². The minimum Gasteiger partial charge on any atom is -0.303 e. The monoisotopic (exact) mass is 262 g/mol. The number of aryl methyl sites for hydroxylation is 2. The average Bonchev–Trinajstić information content (AvgIpc) is 3.21. The largest absolute Gasteiger partial charge is 0.303 e. The fourth-order valence-corrected chi connectivity index (χ4v) is 4.48. The molecule has 2 fully saturated rings. The number of nitrogens with one attached hydrogen (secondary N) is 1. The highest BCUT2D eigenvalue weighted by molar-refractivity contribution is 7.12. The smallest absolute Gasteiger partial charge is 0.113 e. The van der Waals surface area contributed by atoms with Crippen molar-refractivity contribution < 1.29 is 0 Å². The van der Waals surface area contributed by atoms with Crippen molar-refractivity contribution in [3.05, 3.63) is 15.6 Å². The van der Waals surface area contributed by atoms with E-state index < -0.39 is 0 Å². The molecule has 1 heterocycles. The molecule has 0 spiro atoms. The van der Waals surface area contributed by atoms with Gasteiger partial charge in [0.2, 0.25) is 0 Å². The lowest BCUT2D eigenvalue weighted by molar-refractivity contribution is 0.317. The molecule has 1 aromatic rings. The summed E-state index contributed by atoms with van der Waals surface area (Å²) in [5.41, 5.74) is 1.58. The van der Waals surface area contributed by atoms with Crippen LogP contribution in [0, 0.1) is 5.92 Å². The van der Waals surface area contributed by atoms with E-state index >= 15 is 0 Å². The van der Waals surface area contributed by atoms with Gasteiger partial charge in [0, 0.05) is 10.9 Å². The third kappa shape index (κ3) is 2.12. The van der Waals surface area contributed by atoms with Gasteiger partial charge >= 0.3 is 0 Å². The summed E-state index contributed by atoms with van der Waals surface area (Å²) in [4.78, 5) is 6.55. The lowest BCUT2D eigenvalue weighted by Gasteiger charge is -2.29. The first-order chi connectivity index (χ1) is 8.73. The zero-order valence-electron chi connectivity index (χ0n) is 11.2. The Morgan fingerprint density at radius 1 is 1.28 bits per heavy atom. The molecule has 3 aliphatic carbocycles. The summed E-state index contributed by atoms with van der Waals surface area (Å²) in [6.45, 7) is 2.40. The summed E-state index contributed by atoms with van der Waals surface area (Å²) in [5.74, 6) is 0.958. The van der Waals surface area contributed by atoms with E-state index in [1.165, 1.54) is 62.1 Å². The molecule has 0 saturated heterocycles. The van der Waals surface area contributed by atoms with Crippen LogP contribution < -0.4 is 5.32 Å². The zero-order valence-corrected chi connectivity index (χ0v) is 12.0. The number of rotatable bonds is 5. The minimum absolute atomic E-state index is 0.164. The molecule has 4 rings (SSSR count). The van der Waals surface area contributed by atoms with Crippen LogP contribution in [0.3, 0.4) is 0 Å². The molecule has 18 heavy (non-hydrogen) atoms. The maximum atomic E-state index is 4.98. The van der Waals surface area contributed by atoms with Crippen molar-refractivity contribution in [3.63, 3.8) is 0 Å². The molecule has 1 N–H and O–H groups in total. The molecule has 98 valence electrons. The quantitative estimate of drug-likeness (QED) is 0.879. The average molecular weight is 262 g/mol. The van der Waals surface area contributed by atoms with E-state index in [-0.39, 0.29) is 5.54 Å². The Labute approximate surface area is 113 Å². The topological polar surface area (TPSA) is 24.9 Å². The van der Waals surface area contributed by atoms with Gasteiger partial charge in [0.15, 0.2) is 0 Å². The number of fused-ring (bicyclic) bond motifs is 1. The van der Waals surface area contributed by atoms with Crippen LogP contribution in [0.25, 0.3) is 0 Å². The van der Waals surface area contributed by atoms with Crippen LogP contribution in [0.5, 0.6) is 0 Å². The summed E-state index contributed by atoms with van der Waals surface area (Å²) in [6.07, 6.45) is 10.7. The highest BCUT2D eigenvalue weighted by atomic mass is 32.1. The molecular formula is C15H22N2S. The van der Waals surface area contributed by atoms with Gasteiger partial charge in [0.25, 0.3) is 0 Å². The first kappa shape index (κ1) is 11.4. The molecule has 2 nitrogen and oxygen atoms in total. The molecule has 3 heteroatoms. The number of thiazole rings is 1. The SMILES string of the molecule is CC(CC1CC1)(NC1CC1)c1nc2c(s1)CCC2. The summed E-state index contributed by atoms with van der Waals surface area (Å²) < 4.78 is 0. The molecule has 1 aromatic heterocycles. The van der Waals surface area contributed by atoms with Crippen LogP contribution in [0.1, 0.15) is 61.0 Å². The molecule has 0 aromatic carbocycles. The Morgan fingerprint density at radius 3 is 2.78 bits per heavy atom. The van der Waals surface area contributed by atoms with E-state index in [4.69, 9.17) is 4.98 Å². The molecule has 3 aliphatic rings. The predicted octanol–water partition coefficient (Wildman–Crippen LogP) is 3.40. The highest BCUT2D eigenvalue weighted by Gasteiger charge is 2.41. The standard InChI is InChI=1S/C15H22N2S/c1-15(9-10-5-6-10,17-11-7-8-11)14-16-12-3-2-4-13(12)18-14/h10-11,17H,2-9H2,1H3. The van der Waals surface area contributed by atoms with Crippen molar-refractivity contribution in [1.29, 1.82) is 0 Å². The van der Waals surface area contributed by atoms with Gasteiger partial charge in [-0.1, -0.05) is 12.8 Å². The first-order valence-electron chi connectivity index (χ1n) is 7.50. The van der Waals surface area contributed by atoms with E-state index in [0.29, 0.717) is 0 Å². The fourth-order valence-electron chi connectivity index (χ4n) is 3.21. The van der Waals surface area contributed by atoms with Crippen LogP contribution in [0.15, 0.2) is 0 Å². The fraction of sp³-hybridized carbons (Fsp3) is 0.800. The van der Waals surface area contributed by atoms with Gasteiger partial charge < -0.3 is 5.32 Å². The second kappa shape index (κ2) is 4.04. The Kier molecular flexibility index (Phi) is 2.56. The summed E-state index contributed by atoms with van der Waals surface area (Å²) in [6, 6.07) is 0.771. The van der Waals surface area contributed by atoms with Gasteiger partial charge in [0.1, 0.15) is 5.01 Å². The molecule has 1 unspecified atom stereocenters. The van der Waals surface area contributed by atoms with Crippen LogP contribution >= 0.6 is 11.3 Å². The second-order valence-corrected chi connectivity index (χ2v) is 7.72. The minimum atomic E-state index is 0.164. The van der Waals surface area contributed by atoms with Crippen molar-refractivity contribution in [1.82, 2.24) is 10.3 Å². The normalized spacial score (nSPS) is 26.1. The number of nitrogens with zero attached hydrogens (tertiary/aromatic N) is 1. The maximum absolute atomic E-state index is 4.98. The summed E-state index contributed by atoms with van der Waals surface area (Å²) in [5, 5.41) is 5.27. The van der Waals surface area contributed by atoms with E-state index in [2.05, 4.69) is 12.2 Å². The van der Waals surface area contributed by atoms with E-state index in [1.54, 1.807) is 4.88 Å². The lowest BCUT2D eigenvalue weighted by Crippen LogP contribution is -2.41. The molecule has 0 bridgehead atoms. The zero-order chi connectivity index (χ0) is 12.2. The molecule has 2 saturated carbocycles. The maximum Gasteiger partial charge on any atom is 0.113 e. The molecule has 0 aliphatic heterocycles. The van der Waals surface area contributed by atoms with Crippen LogP contribution in [-0.4, -0.2) is 11.0 Å². The van der Waals surface area contributed by atoms with Crippen LogP contribution in [-0.2, 0) is 18.4 Å². The van der Waals surface area contributed by atoms with Gasteiger partial charge in [-0.2, -0.15) is 0 Å². The van der Waals surface area contributed by atoms with Gasteiger partial charge in [-0.25, -0.2) is 4.98 Å². The summed E-state index contributed by atoms with van der Waals surface area (Å²) >= 11 is 1.99. The van der Waals surface area contributed by atoms with E-state index in [1.807, 2.05) is 11.3 Å². The van der Waals surface area contributed by atoms with Gasteiger partial charge in [-0.3, -0.25) is 0 Å². The number of hydrogen-bond donors (Lipinski definition) is 1. The molecule has 0 radical (unpaired) electrons. The Hall–Kier alpha value is -0.410. The van der Waals surface area contributed by atoms with E-state index in [9.17, 15) is 0 Å². The first-order valence-corrected chi connectivity index (χ1v) is 8.31. The van der Waals surface area contributed by atoms with Crippen molar-refractivity contribution in [3.8, 4) is 0 Å². The van der Waals surface area contributed by atoms with E-state index in [0.717, 1.165) is 12.0 Å². The molecular weight excluding hydrogens is 240 g/mol. The lowest BCUT2D eigenvalue weighted by atomic mass is 9.95. The molecule has 0 amide bonds. The van der Waals surface area contributed by atoms with Gasteiger partial charge in [-0.15, -0.1) is 11.3 Å². The summed E-state index contributed by atoms with van der Waals surface area (Å²) in [7, 11) is 0. The van der Waals surface area contributed by atoms with Gasteiger partial charge in [0.05, 0.1) is 11.2 Å². The Bertz CT molecular complexity index is 422. The third-order valence-electron chi connectivity index (χ3n) is 4.56. The number of hydrogen-bond acceptors (Lipinski definition) is 3. The predicted molar refractivity (Wildman–Crippen MR) is 75.0 cm³/mol. The Morgan fingerprint density at radius 2 is 2.11 bits per heavy atom. The van der Waals surface area contributed by atoms with Crippen LogP contribution in [0.2, 0.25) is 0 Å². The van der Waals surface area contributed by atoms with Crippen LogP contribution in [0.4, 0.5) is 0 Å². The highest BCUT2D eigenvalue weighted by Crippen LogP contribution is 2.44. The third-order valence-corrected chi connectivity index (χ3v) is 5.98. The van der Waals surface area contributed by atoms with Crippen molar-refractivity contribution in [2.24, 2.45) is 5.92 Å². The molecule has 1 atom stereocenters. The Balaban J connectivity index is 1.61.